The van der Waals surface area contributed by atoms with Gasteiger partial charge < -0.3 is 10.6 Å². The molecular formula is C10H14N6O. The fourth-order valence-electron chi connectivity index (χ4n) is 2.16. The van der Waals surface area contributed by atoms with Gasteiger partial charge in [0.1, 0.15) is 0 Å². The standard InChI is InChI=1S/C10H14N6O/c11-7-10(16-5-3-1-2-4-6-16)13-9-8(12-7)14-17-15-9/h1-6H2,(H2,11,12,14). The molecule has 0 atom stereocenters. The highest BCUT2D eigenvalue weighted by Crippen LogP contribution is 2.23. The van der Waals surface area contributed by atoms with Crippen molar-refractivity contribution in [3.05, 3.63) is 0 Å². The minimum atomic E-state index is 0.362. The predicted molar refractivity (Wildman–Crippen MR) is 62.5 cm³/mol. The van der Waals surface area contributed by atoms with Crippen molar-refractivity contribution in [2.24, 2.45) is 0 Å². The molecule has 0 aromatic carbocycles. The lowest BCUT2D eigenvalue weighted by Gasteiger charge is -2.21. The van der Waals surface area contributed by atoms with Gasteiger partial charge in [-0.2, -0.15) is 0 Å². The molecule has 1 aliphatic heterocycles. The summed E-state index contributed by atoms with van der Waals surface area (Å²) in [6.45, 7) is 1.94. The van der Waals surface area contributed by atoms with E-state index in [4.69, 9.17) is 5.73 Å². The maximum atomic E-state index is 5.90. The lowest BCUT2D eigenvalue weighted by atomic mass is 10.2. The zero-order chi connectivity index (χ0) is 11.7. The number of anilines is 2. The van der Waals surface area contributed by atoms with Crippen LogP contribution >= 0.6 is 0 Å². The number of aromatic nitrogens is 4. The Morgan fingerprint density at radius 3 is 2.29 bits per heavy atom. The maximum absolute atomic E-state index is 5.90. The SMILES string of the molecule is Nc1nc2nonc2nc1N1CCCCCC1. The van der Waals surface area contributed by atoms with Gasteiger partial charge in [0.05, 0.1) is 0 Å². The fraction of sp³-hybridized carbons (Fsp3) is 0.600. The fourth-order valence-corrected chi connectivity index (χ4v) is 2.16. The van der Waals surface area contributed by atoms with Crippen molar-refractivity contribution in [3.63, 3.8) is 0 Å². The van der Waals surface area contributed by atoms with Crippen LogP contribution in [0.3, 0.4) is 0 Å². The van der Waals surface area contributed by atoms with E-state index in [2.05, 4.69) is 29.8 Å². The molecule has 0 unspecified atom stereocenters. The number of hydrogen-bond donors (Lipinski definition) is 1. The molecule has 3 rings (SSSR count). The number of hydrogen-bond acceptors (Lipinski definition) is 7. The molecule has 0 aliphatic carbocycles. The van der Waals surface area contributed by atoms with E-state index in [1.54, 1.807) is 0 Å². The van der Waals surface area contributed by atoms with Crippen LogP contribution in [-0.4, -0.2) is 33.4 Å². The Balaban J connectivity index is 1.99. The molecule has 2 N–H and O–H groups in total. The van der Waals surface area contributed by atoms with E-state index in [-0.39, 0.29) is 0 Å². The Kier molecular flexibility index (Phi) is 2.50. The number of rotatable bonds is 1. The van der Waals surface area contributed by atoms with Crippen LogP contribution in [-0.2, 0) is 0 Å². The van der Waals surface area contributed by atoms with Crippen molar-refractivity contribution in [2.75, 3.05) is 23.7 Å². The first-order chi connectivity index (χ1) is 8.34. The van der Waals surface area contributed by atoms with E-state index in [1.165, 1.54) is 12.8 Å². The summed E-state index contributed by atoms with van der Waals surface area (Å²) in [4.78, 5) is 10.7. The Labute approximate surface area is 98.0 Å². The summed E-state index contributed by atoms with van der Waals surface area (Å²) in [5, 5.41) is 7.32. The van der Waals surface area contributed by atoms with E-state index >= 15 is 0 Å². The summed E-state index contributed by atoms with van der Waals surface area (Å²) in [5.41, 5.74) is 6.68. The number of nitrogen functional groups attached to an aromatic ring is 1. The molecule has 90 valence electrons. The first-order valence-corrected chi connectivity index (χ1v) is 5.85. The first-order valence-electron chi connectivity index (χ1n) is 5.85. The molecule has 2 aromatic heterocycles. The summed E-state index contributed by atoms with van der Waals surface area (Å²) >= 11 is 0. The monoisotopic (exact) mass is 234 g/mol. The Morgan fingerprint density at radius 2 is 1.59 bits per heavy atom. The first kappa shape index (κ1) is 10.2. The minimum absolute atomic E-state index is 0.362. The third kappa shape index (κ3) is 1.88. The average Bonchev–Trinajstić information content (AvgIpc) is 2.62. The van der Waals surface area contributed by atoms with Crippen LogP contribution in [0.2, 0.25) is 0 Å². The Hall–Kier alpha value is -1.92. The van der Waals surface area contributed by atoms with Gasteiger partial charge in [0.2, 0.25) is 11.3 Å². The molecule has 3 heterocycles. The Morgan fingerprint density at radius 1 is 0.941 bits per heavy atom. The van der Waals surface area contributed by atoms with Gasteiger partial charge in [0.15, 0.2) is 11.6 Å². The van der Waals surface area contributed by atoms with Crippen molar-refractivity contribution >= 4 is 22.9 Å². The molecule has 0 amide bonds. The molecule has 1 fully saturated rings. The van der Waals surface area contributed by atoms with Crippen LogP contribution in [0.4, 0.5) is 11.6 Å². The summed E-state index contributed by atoms with van der Waals surface area (Å²) in [6, 6.07) is 0. The zero-order valence-electron chi connectivity index (χ0n) is 9.46. The van der Waals surface area contributed by atoms with E-state index in [9.17, 15) is 0 Å². The predicted octanol–water partition coefficient (Wildman–Crippen LogP) is 0.975. The highest BCUT2D eigenvalue weighted by Gasteiger charge is 2.17. The van der Waals surface area contributed by atoms with Crippen LogP contribution in [0.25, 0.3) is 11.3 Å². The van der Waals surface area contributed by atoms with Crippen LogP contribution in [0, 0.1) is 0 Å². The van der Waals surface area contributed by atoms with Crippen molar-refractivity contribution in [2.45, 2.75) is 25.7 Å². The molecule has 1 aliphatic rings. The summed E-state index contributed by atoms with van der Waals surface area (Å²) < 4.78 is 4.59. The normalized spacial score (nSPS) is 17.3. The second-order valence-electron chi connectivity index (χ2n) is 4.25. The molecule has 17 heavy (non-hydrogen) atoms. The van der Waals surface area contributed by atoms with Crippen molar-refractivity contribution < 1.29 is 4.63 Å². The van der Waals surface area contributed by atoms with Crippen LogP contribution < -0.4 is 10.6 Å². The Bertz CT molecular complexity index is 516. The number of fused-ring (bicyclic) bond motifs is 1. The summed E-state index contributed by atoms with van der Waals surface area (Å²) in [5.74, 6) is 1.10. The van der Waals surface area contributed by atoms with Gasteiger partial charge in [-0.25, -0.2) is 14.6 Å². The maximum Gasteiger partial charge on any atom is 0.245 e. The zero-order valence-corrected chi connectivity index (χ0v) is 9.46. The van der Waals surface area contributed by atoms with Gasteiger partial charge in [0.25, 0.3) is 0 Å². The van der Waals surface area contributed by atoms with Gasteiger partial charge in [-0.1, -0.05) is 12.8 Å². The molecule has 0 saturated carbocycles. The molecule has 7 heteroatoms. The van der Waals surface area contributed by atoms with E-state index in [0.717, 1.165) is 25.9 Å². The van der Waals surface area contributed by atoms with Gasteiger partial charge >= 0.3 is 0 Å². The molecule has 2 aromatic rings. The lowest BCUT2D eigenvalue weighted by Crippen LogP contribution is -2.26. The van der Waals surface area contributed by atoms with Crippen molar-refractivity contribution in [3.8, 4) is 0 Å². The smallest absolute Gasteiger partial charge is 0.245 e. The largest absolute Gasteiger partial charge is 0.381 e. The van der Waals surface area contributed by atoms with E-state index in [0.29, 0.717) is 22.9 Å². The minimum Gasteiger partial charge on any atom is -0.381 e. The van der Waals surface area contributed by atoms with Crippen LogP contribution in [0.1, 0.15) is 25.7 Å². The second kappa shape index (κ2) is 4.15. The molecular weight excluding hydrogens is 220 g/mol. The molecule has 0 bridgehead atoms. The quantitative estimate of drug-likeness (QED) is 0.785. The van der Waals surface area contributed by atoms with Crippen molar-refractivity contribution in [1.82, 2.24) is 20.3 Å². The lowest BCUT2D eigenvalue weighted by molar-refractivity contribution is 0.314. The summed E-state index contributed by atoms with van der Waals surface area (Å²) in [7, 11) is 0. The number of nitrogens with two attached hydrogens (primary N) is 1. The summed E-state index contributed by atoms with van der Waals surface area (Å²) in [6.07, 6.45) is 4.85. The van der Waals surface area contributed by atoms with Crippen LogP contribution in [0.15, 0.2) is 4.63 Å². The third-order valence-electron chi connectivity index (χ3n) is 3.03. The van der Waals surface area contributed by atoms with Gasteiger partial charge in [0, 0.05) is 13.1 Å². The second-order valence-corrected chi connectivity index (χ2v) is 4.25. The molecule has 0 spiro atoms. The number of nitrogens with zero attached hydrogens (tertiary/aromatic N) is 5. The van der Waals surface area contributed by atoms with Gasteiger partial charge in [-0.3, -0.25) is 0 Å². The molecule has 0 radical (unpaired) electrons. The van der Waals surface area contributed by atoms with E-state index < -0.39 is 0 Å². The van der Waals surface area contributed by atoms with Crippen LogP contribution in [0.5, 0.6) is 0 Å². The highest BCUT2D eigenvalue weighted by molar-refractivity contribution is 5.72. The van der Waals surface area contributed by atoms with Crippen molar-refractivity contribution in [1.29, 1.82) is 0 Å². The van der Waals surface area contributed by atoms with E-state index in [1.807, 2.05) is 0 Å². The molecule has 7 nitrogen and oxygen atoms in total. The van der Waals surface area contributed by atoms with Gasteiger partial charge in [-0.05, 0) is 23.2 Å². The molecule has 1 saturated heterocycles. The topological polar surface area (TPSA) is 94.0 Å². The average molecular weight is 234 g/mol. The van der Waals surface area contributed by atoms with Gasteiger partial charge in [-0.15, -0.1) is 0 Å². The third-order valence-corrected chi connectivity index (χ3v) is 3.03. The highest BCUT2D eigenvalue weighted by atomic mass is 16.6.